The Morgan fingerprint density at radius 2 is 1.86 bits per heavy atom. The van der Waals surface area contributed by atoms with Crippen molar-refractivity contribution in [3.63, 3.8) is 0 Å². The maximum Gasteiger partial charge on any atom is 0.293 e. The monoisotopic (exact) mass is 401 g/mol. The third-order valence-corrected chi connectivity index (χ3v) is 4.33. The Hall–Kier alpha value is -3.33. The molecule has 0 bridgehead atoms. The minimum atomic E-state index is -0.383. The van der Waals surface area contributed by atoms with Gasteiger partial charge in [0, 0.05) is 24.7 Å². The van der Waals surface area contributed by atoms with Crippen molar-refractivity contribution in [3.05, 3.63) is 58.1 Å². The number of nitrogens with zero attached hydrogens (tertiary/aromatic N) is 3. The standard InChI is InChI=1S/C20H23N3O6/c1-26-17-3-5-18(6-4-17)28-12-13-29-21-15-16-2-7-19(20(14-16)23(24)25)22-8-10-27-11-9-22/h2-7,14-15H,8-13H2,1H3/b21-15-. The van der Waals surface area contributed by atoms with Crippen molar-refractivity contribution in [2.24, 2.45) is 5.16 Å². The zero-order chi connectivity index (χ0) is 20.5. The Balaban J connectivity index is 1.50. The normalized spacial score (nSPS) is 14.0. The van der Waals surface area contributed by atoms with Crippen LogP contribution in [0.4, 0.5) is 11.4 Å². The Kier molecular flexibility index (Phi) is 7.23. The van der Waals surface area contributed by atoms with E-state index in [1.807, 2.05) is 17.0 Å². The van der Waals surface area contributed by atoms with E-state index in [0.29, 0.717) is 49.9 Å². The molecule has 1 heterocycles. The van der Waals surface area contributed by atoms with E-state index in [0.717, 1.165) is 5.75 Å². The highest BCUT2D eigenvalue weighted by Crippen LogP contribution is 2.29. The molecule has 9 heteroatoms. The van der Waals surface area contributed by atoms with Gasteiger partial charge in [0.15, 0.2) is 6.61 Å². The number of nitro groups is 1. The fraction of sp³-hybridized carbons (Fsp3) is 0.350. The molecule has 1 saturated heterocycles. The van der Waals surface area contributed by atoms with Gasteiger partial charge in [0.1, 0.15) is 23.8 Å². The van der Waals surface area contributed by atoms with Crippen molar-refractivity contribution in [2.45, 2.75) is 0 Å². The molecule has 0 unspecified atom stereocenters. The second kappa shape index (κ2) is 10.3. The Morgan fingerprint density at radius 3 is 2.55 bits per heavy atom. The molecule has 154 valence electrons. The number of oxime groups is 1. The topological polar surface area (TPSA) is 95.7 Å². The fourth-order valence-corrected chi connectivity index (χ4v) is 2.86. The summed E-state index contributed by atoms with van der Waals surface area (Å²) in [6.07, 6.45) is 1.45. The molecule has 29 heavy (non-hydrogen) atoms. The van der Waals surface area contributed by atoms with Gasteiger partial charge in [-0.2, -0.15) is 0 Å². The lowest BCUT2D eigenvalue weighted by Crippen LogP contribution is -2.36. The number of rotatable bonds is 9. The van der Waals surface area contributed by atoms with E-state index in [1.165, 1.54) is 12.3 Å². The molecular formula is C20H23N3O6. The summed E-state index contributed by atoms with van der Waals surface area (Å²) < 4.78 is 15.9. The Labute approximate surface area is 168 Å². The lowest BCUT2D eigenvalue weighted by molar-refractivity contribution is -0.384. The highest BCUT2D eigenvalue weighted by atomic mass is 16.6. The number of anilines is 1. The zero-order valence-corrected chi connectivity index (χ0v) is 16.2. The minimum absolute atomic E-state index is 0.0405. The third kappa shape index (κ3) is 5.82. The van der Waals surface area contributed by atoms with Crippen LogP contribution >= 0.6 is 0 Å². The summed E-state index contributed by atoms with van der Waals surface area (Å²) in [7, 11) is 1.60. The summed E-state index contributed by atoms with van der Waals surface area (Å²) in [4.78, 5) is 18.2. The van der Waals surface area contributed by atoms with E-state index in [2.05, 4.69) is 5.16 Å². The Bertz CT molecular complexity index is 835. The molecule has 0 spiro atoms. The van der Waals surface area contributed by atoms with Gasteiger partial charge >= 0.3 is 0 Å². The SMILES string of the molecule is COc1ccc(OCCO/N=C\c2ccc(N3CCOCC3)c([N+](=O)[O-])c2)cc1. The molecule has 2 aromatic rings. The second-order valence-corrected chi connectivity index (χ2v) is 6.20. The van der Waals surface area contributed by atoms with Crippen molar-refractivity contribution in [1.29, 1.82) is 0 Å². The predicted molar refractivity (Wildman–Crippen MR) is 108 cm³/mol. The molecular weight excluding hydrogens is 378 g/mol. The summed E-state index contributed by atoms with van der Waals surface area (Å²) in [6, 6.07) is 12.2. The molecule has 1 aliphatic heterocycles. The van der Waals surface area contributed by atoms with Crippen LogP contribution in [0.15, 0.2) is 47.6 Å². The van der Waals surface area contributed by atoms with Gasteiger partial charge in [0.2, 0.25) is 0 Å². The summed E-state index contributed by atoms with van der Waals surface area (Å²) in [5.41, 5.74) is 1.22. The number of ether oxygens (including phenoxy) is 3. The van der Waals surface area contributed by atoms with Crippen LogP contribution in [0.3, 0.4) is 0 Å². The molecule has 0 saturated carbocycles. The van der Waals surface area contributed by atoms with E-state index >= 15 is 0 Å². The van der Waals surface area contributed by atoms with Crippen molar-refractivity contribution in [3.8, 4) is 11.5 Å². The molecule has 2 aromatic carbocycles. The molecule has 0 aliphatic carbocycles. The molecule has 1 aliphatic rings. The van der Waals surface area contributed by atoms with Crippen LogP contribution in [0.5, 0.6) is 11.5 Å². The highest BCUT2D eigenvalue weighted by Gasteiger charge is 2.21. The average Bonchev–Trinajstić information content (AvgIpc) is 2.77. The highest BCUT2D eigenvalue weighted by molar-refractivity contribution is 5.82. The van der Waals surface area contributed by atoms with Gasteiger partial charge in [-0.3, -0.25) is 10.1 Å². The first-order valence-electron chi connectivity index (χ1n) is 9.20. The number of hydrogen-bond donors (Lipinski definition) is 0. The van der Waals surface area contributed by atoms with Crippen LogP contribution < -0.4 is 14.4 Å². The summed E-state index contributed by atoms with van der Waals surface area (Å²) in [6.45, 7) is 2.95. The van der Waals surface area contributed by atoms with E-state index in [9.17, 15) is 10.1 Å². The number of benzene rings is 2. The summed E-state index contributed by atoms with van der Waals surface area (Å²) in [5, 5.41) is 15.3. The molecule has 9 nitrogen and oxygen atoms in total. The number of hydrogen-bond acceptors (Lipinski definition) is 8. The largest absolute Gasteiger partial charge is 0.497 e. The van der Waals surface area contributed by atoms with Gasteiger partial charge in [-0.1, -0.05) is 11.2 Å². The number of nitro benzene ring substituents is 1. The van der Waals surface area contributed by atoms with Crippen LogP contribution in [0.25, 0.3) is 0 Å². The first kappa shape index (κ1) is 20.4. The van der Waals surface area contributed by atoms with Crippen molar-refractivity contribution >= 4 is 17.6 Å². The van der Waals surface area contributed by atoms with Crippen molar-refractivity contribution < 1.29 is 24.0 Å². The van der Waals surface area contributed by atoms with Crippen LogP contribution in [-0.2, 0) is 9.57 Å². The van der Waals surface area contributed by atoms with Crippen molar-refractivity contribution in [1.82, 2.24) is 0 Å². The van der Waals surface area contributed by atoms with Gasteiger partial charge in [-0.05, 0) is 30.3 Å². The van der Waals surface area contributed by atoms with E-state index in [4.69, 9.17) is 19.0 Å². The van der Waals surface area contributed by atoms with Gasteiger partial charge in [-0.25, -0.2) is 0 Å². The van der Waals surface area contributed by atoms with Gasteiger partial charge in [-0.15, -0.1) is 0 Å². The molecule has 0 N–H and O–H groups in total. The van der Waals surface area contributed by atoms with Gasteiger partial charge in [0.25, 0.3) is 5.69 Å². The average molecular weight is 401 g/mol. The Morgan fingerprint density at radius 1 is 1.14 bits per heavy atom. The predicted octanol–water partition coefficient (Wildman–Crippen LogP) is 2.87. The van der Waals surface area contributed by atoms with E-state index in [1.54, 1.807) is 31.4 Å². The van der Waals surface area contributed by atoms with Crippen LogP contribution in [0.1, 0.15) is 5.56 Å². The fourth-order valence-electron chi connectivity index (χ4n) is 2.86. The molecule has 0 radical (unpaired) electrons. The first-order chi connectivity index (χ1) is 14.2. The second-order valence-electron chi connectivity index (χ2n) is 6.20. The maximum absolute atomic E-state index is 11.5. The van der Waals surface area contributed by atoms with Gasteiger partial charge < -0.3 is 23.9 Å². The molecule has 3 rings (SSSR count). The summed E-state index contributed by atoms with van der Waals surface area (Å²) >= 11 is 0. The third-order valence-electron chi connectivity index (χ3n) is 4.33. The van der Waals surface area contributed by atoms with Crippen LogP contribution in [0, 0.1) is 10.1 Å². The molecule has 0 amide bonds. The quantitative estimate of drug-likeness (QED) is 0.276. The van der Waals surface area contributed by atoms with Crippen LogP contribution in [-0.4, -0.2) is 57.8 Å². The molecule has 0 atom stereocenters. The van der Waals surface area contributed by atoms with E-state index in [-0.39, 0.29) is 17.2 Å². The van der Waals surface area contributed by atoms with Crippen molar-refractivity contribution in [2.75, 3.05) is 51.5 Å². The lowest BCUT2D eigenvalue weighted by Gasteiger charge is -2.28. The smallest absolute Gasteiger partial charge is 0.293 e. The first-order valence-corrected chi connectivity index (χ1v) is 9.20. The van der Waals surface area contributed by atoms with Gasteiger partial charge in [0.05, 0.1) is 31.5 Å². The minimum Gasteiger partial charge on any atom is -0.497 e. The number of methoxy groups -OCH3 is 1. The number of morpholine rings is 1. The van der Waals surface area contributed by atoms with E-state index < -0.39 is 0 Å². The maximum atomic E-state index is 11.5. The lowest BCUT2D eigenvalue weighted by atomic mass is 10.1. The van der Waals surface area contributed by atoms with Crippen LogP contribution in [0.2, 0.25) is 0 Å². The molecule has 1 fully saturated rings. The molecule has 0 aromatic heterocycles. The zero-order valence-electron chi connectivity index (χ0n) is 16.2. The summed E-state index contributed by atoms with van der Waals surface area (Å²) in [5.74, 6) is 1.46.